The van der Waals surface area contributed by atoms with Crippen molar-refractivity contribution >= 4 is 15.8 Å². The number of aromatic nitrogens is 2. The minimum Gasteiger partial charge on any atom is -0.381 e. The van der Waals surface area contributed by atoms with Gasteiger partial charge >= 0.3 is 0 Å². The second kappa shape index (κ2) is 5.22. The predicted octanol–water partition coefficient (Wildman–Crippen LogP) is -1.30. The molecule has 1 aliphatic heterocycles. The number of hydrogen-bond acceptors (Lipinski definition) is 6. The first-order valence-corrected chi connectivity index (χ1v) is 6.95. The van der Waals surface area contributed by atoms with E-state index in [-0.39, 0.29) is 23.4 Å². The van der Waals surface area contributed by atoms with Gasteiger partial charge < -0.3 is 15.2 Å². The highest BCUT2D eigenvalue weighted by atomic mass is 32.2. The third-order valence-corrected chi connectivity index (χ3v) is 3.94. The second-order valence-corrected chi connectivity index (χ2v) is 5.71. The number of aryl methyl sites for hydroxylation is 1. The van der Waals surface area contributed by atoms with E-state index in [4.69, 9.17) is 15.2 Å². The number of nitrogen functional groups attached to an aromatic ring is 1. The molecule has 0 spiro atoms. The van der Waals surface area contributed by atoms with Crippen molar-refractivity contribution in [1.82, 2.24) is 14.5 Å². The van der Waals surface area contributed by atoms with Gasteiger partial charge in [0.25, 0.3) is 0 Å². The Morgan fingerprint density at radius 2 is 2.39 bits per heavy atom. The Bertz CT molecular complexity index is 507. The maximum absolute atomic E-state index is 12.0. The minimum absolute atomic E-state index is 0.0224. The first-order chi connectivity index (χ1) is 8.49. The fourth-order valence-electron chi connectivity index (χ4n) is 1.63. The van der Waals surface area contributed by atoms with Crippen molar-refractivity contribution in [3.8, 4) is 0 Å². The van der Waals surface area contributed by atoms with Gasteiger partial charge in [-0.05, 0) is 0 Å². The molecule has 8 nitrogen and oxygen atoms in total. The summed E-state index contributed by atoms with van der Waals surface area (Å²) in [4.78, 5) is -0.0262. The van der Waals surface area contributed by atoms with Crippen LogP contribution in [0.1, 0.15) is 0 Å². The van der Waals surface area contributed by atoms with E-state index < -0.39 is 10.0 Å². The van der Waals surface area contributed by atoms with E-state index in [0.717, 1.165) is 0 Å². The third-order valence-electron chi connectivity index (χ3n) is 2.50. The van der Waals surface area contributed by atoms with Gasteiger partial charge in [0, 0.05) is 19.8 Å². The van der Waals surface area contributed by atoms with Gasteiger partial charge in [-0.3, -0.25) is 4.68 Å². The van der Waals surface area contributed by atoms with Gasteiger partial charge in [-0.2, -0.15) is 5.10 Å². The van der Waals surface area contributed by atoms with Crippen LogP contribution < -0.4 is 10.5 Å². The first-order valence-electron chi connectivity index (χ1n) is 5.47. The summed E-state index contributed by atoms with van der Waals surface area (Å²) in [5.74, 6) is -0.0224. The van der Waals surface area contributed by atoms with E-state index in [0.29, 0.717) is 19.8 Å². The molecule has 0 amide bonds. The Morgan fingerprint density at radius 3 is 2.94 bits per heavy atom. The summed E-state index contributed by atoms with van der Waals surface area (Å²) in [6.07, 6.45) is 1.09. The summed E-state index contributed by atoms with van der Waals surface area (Å²) in [5.41, 5.74) is 5.53. The van der Waals surface area contributed by atoms with Gasteiger partial charge in [-0.1, -0.05) is 0 Å². The van der Waals surface area contributed by atoms with E-state index >= 15 is 0 Å². The lowest BCUT2D eigenvalue weighted by Crippen LogP contribution is -2.39. The molecule has 1 aromatic heterocycles. The highest BCUT2D eigenvalue weighted by Gasteiger charge is 2.23. The first kappa shape index (κ1) is 13.3. The Labute approximate surface area is 105 Å². The summed E-state index contributed by atoms with van der Waals surface area (Å²) >= 11 is 0. The predicted molar refractivity (Wildman–Crippen MR) is 63.4 cm³/mol. The van der Waals surface area contributed by atoms with Crippen LogP contribution in [0.5, 0.6) is 0 Å². The van der Waals surface area contributed by atoms with Crippen LogP contribution in [-0.4, -0.2) is 50.7 Å². The number of hydrogen-bond donors (Lipinski definition) is 2. The number of sulfonamides is 1. The maximum atomic E-state index is 12.0. The molecule has 1 unspecified atom stereocenters. The molecule has 0 aliphatic carbocycles. The van der Waals surface area contributed by atoms with Crippen molar-refractivity contribution in [3.63, 3.8) is 0 Å². The zero-order valence-corrected chi connectivity index (χ0v) is 10.8. The molecule has 1 aromatic rings. The largest absolute Gasteiger partial charge is 0.381 e. The maximum Gasteiger partial charge on any atom is 0.245 e. The van der Waals surface area contributed by atoms with Crippen LogP contribution in [0.15, 0.2) is 11.1 Å². The molecule has 1 saturated heterocycles. The fraction of sp³-hybridized carbons (Fsp3) is 0.667. The average Bonchev–Trinajstić information content (AvgIpc) is 2.68. The summed E-state index contributed by atoms with van der Waals surface area (Å²) < 4.78 is 38.2. The van der Waals surface area contributed by atoms with E-state index in [2.05, 4.69) is 9.82 Å². The lowest BCUT2D eigenvalue weighted by Gasteiger charge is -2.22. The van der Waals surface area contributed by atoms with Crippen molar-refractivity contribution in [1.29, 1.82) is 0 Å². The molecule has 2 heterocycles. The van der Waals surface area contributed by atoms with Crippen molar-refractivity contribution in [3.05, 3.63) is 6.20 Å². The molecule has 9 heteroatoms. The zero-order chi connectivity index (χ0) is 13.2. The van der Waals surface area contributed by atoms with Crippen LogP contribution >= 0.6 is 0 Å². The zero-order valence-electron chi connectivity index (χ0n) is 10.00. The molecular formula is C9H16N4O4S. The van der Waals surface area contributed by atoms with Gasteiger partial charge in [0.15, 0.2) is 5.82 Å². The fourth-order valence-corrected chi connectivity index (χ4v) is 2.79. The summed E-state index contributed by atoms with van der Waals surface area (Å²) in [6, 6.07) is 0. The SMILES string of the molecule is Cn1cc(S(=O)(=O)NCC2COCCO2)c(N)n1. The number of nitrogens with zero attached hydrogens (tertiary/aromatic N) is 2. The van der Waals surface area contributed by atoms with E-state index in [9.17, 15) is 8.42 Å². The molecule has 1 aliphatic rings. The average molecular weight is 276 g/mol. The topological polar surface area (TPSA) is 108 Å². The van der Waals surface area contributed by atoms with E-state index in [1.165, 1.54) is 10.9 Å². The highest BCUT2D eigenvalue weighted by Crippen LogP contribution is 2.15. The quantitative estimate of drug-likeness (QED) is 0.707. The number of anilines is 1. The molecule has 0 saturated carbocycles. The summed E-state index contributed by atoms with van der Waals surface area (Å²) in [7, 11) is -2.06. The number of nitrogens with one attached hydrogen (secondary N) is 1. The van der Waals surface area contributed by atoms with Crippen LogP contribution in [0.3, 0.4) is 0 Å². The van der Waals surface area contributed by atoms with Crippen LogP contribution in [0.2, 0.25) is 0 Å². The van der Waals surface area contributed by atoms with Gasteiger partial charge in [0.1, 0.15) is 4.90 Å². The van der Waals surface area contributed by atoms with Crippen LogP contribution in [0.4, 0.5) is 5.82 Å². The standard InChI is InChI=1S/C9H16N4O4S/c1-13-5-8(9(10)12-13)18(14,15)11-4-7-6-16-2-3-17-7/h5,7,11H,2-4,6H2,1H3,(H2,10,12). The van der Waals surface area contributed by atoms with Gasteiger partial charge in [0.2, 0.25) is 10.0 Å². The van der Waals surface area contributed by atoms with E-state index in [1.54, 1.807) is 7.05 Å². The molecular weight excluding hydrogens is 260 g/mol. The van der Waals surface area contributed by atoms with Crippen molar-refractivity contribution in [2.24, 2.45) is 7.05 Å². The smallest absolute Gasteiger partial charge is 0.245 e. The van der Waals surface area contributed by atoms with Crippen LogP contribution in [0, 0.1) is 0 Å². The number of ether oxygens (including phenoxy) is 2. The van der Waals surface area contributed by atoms with Crippen LogP contribution in [-0.2, 0) is 26.5 Å². The molecule has 18 heavy (non-hydrogen) atoms. The Kier molecular flexibility index (Phi) is 3.85. The second-order valence-electron chi connectivity index (χ2n) is 3.97. The summed E-state index contributed by atoms with van der Waals surface area (Å²) in [5, 5.41) is 3.79. The molecule has 2 rings (SSSR count). The number of nitrogens with two attached hydrogens (primary N) is 1. The lowest BCUT2D eigenvalue weighted by atomic mass is 10.3. The third kappa shape index (κ3) is 2.99. The Hall–Kier alpha value is -1.16. The Morgan fingerprint density at radius 1 is 1.61 bits per heavy atom. The molecule has 0 bridgehead atoms. The van der Waals surface area contributed by atoms with Crippen molar-refractivity contribution in [2.75, 3.05) is 32.1 Å². The molecule has 1 fully saturated rings. The monoisotopic (exact) mass is 276 g/mol. The lowest BCUT2D eigenvalue weighted by molar-refractivity contribution is -0.0846. The number of rotatable bonds is 4. The molecule has 102 valence electrons. The molecule has 3 N–H and O–H groups in total. The van der Waals surface area contributed by atoms with Gasteiger partial charge in [0.05, 0.1) is 25.9 Å². The van der Waals surface area contributed by atoms with Gasteiger partial charge in [-0.15, -0.1) is 0 Å². The van der Waals surface area contributed by atoms with E-state index in [1.807, 2.05) is 0 Å². The molecule has 0 aromatic carbocycles. The van der Waals surface area contributed by atoms with Crippen LogP contribution in [0.25, 0.3) is 0 Å². The van der Waals surface area contributed by atoms with Crippen molar-refractivity contribution in [2.45, 2.75) is 11.0 Å². The normalized spacial score (nSPS) is 21.1. The molecule has 0 radical (unpaired) electrons. The Balaban J connectivity index is 2.01. The summed E-state index contributed by atoms with van der Waals surface area (Å²) in [6.45, 7) is 1.54. The minimum atomic E-state index is -3.66. The van der Waals surface area contributed by atoms with Gasteiger partial charge in [-0.25, -0.2) is 13.1 Å². The molecule has 1 atom stereocenters. The van der Waals surface area contributed by atoms with Crippen molar-refractivity contribution < 1.29 is 17.9 Å². The highest BCUT2D eigenvalue weighted by molar-refractivity contribution is 7.89.